The van der Waals surface area contributed by atoms with Crippen molar-refractivity contribution in [1.29, 1.82) is 0 Å². The number of rotatable bonds is 6. The highest BCUT2D eigenvalue weighted by molar-refractivity contribution is 5.92. The van der Waals surface area contributed by atoms with Crippen LogP contribution in [0.1, 0.15) is 32.0 Å². The molecule has 130 valence electrons. The minimum atomic E-state index is -0.978. The molecule has 26 heavy (non-hydrogen) atoms. The standard InChI is InChI=1S/C20H17N3O3/c24-19(18-12-21-10-11-22-18)23(13-15-4-2-1-3-5-15)14-16-6-8-17(9-7-16)20(25)26/h1-12H,13-14H2,(H,25,26). The number of hydrogen-bond acceptors (Lipinski definition) is 4. The second kappa shape index (κ2) is 8.02. The van der Waals surface area contributed by atoms with Crippen molar-refractivity contribution in [2.45, 2.75) is 13.1 Å². The minimum Gasteiger partial charge on any atom is -0.478 e. The van der Waals surface area contributed by atoms with Gasteiger partial charge in [0, 0.05) is 25.5 Å². The summed E-state index contributed by atoms with van der Waals surface area (Å²) >= 11 is 0. The summed E-state index contributed by atoms with van der Waals surface area (Å²) in [6, 6.07) is 16.1. The predicted octanol–water partition coefficient (Wildman–Crippen LogP) is 3.02. The number of carboxylic acids is 1. The quantitative estimate of drug-likeness (QED) is 0.741. The highest BCUT2D eigenvalue weighted by atomic mass is 16.4. The lowest BCUT2D eigenvalue weighted by Crippen LogP contribution is -2.30. The SMILES string of the molecule is O=C(O)c1ccc(CN(Cc2ccccc2)C(=O)c2cnccn2)cc1. The van der Waals surface area contributed by atoms with Gasteiger partial charge < -0.3 is 10.0 Å². The molecule has 0 saturated heterocycles. The monoisotopic (exact) mass is 347 g/mol. The minimum absolute atomic E-state index is 0.212. The molecule has 0 bridgehead atoms. The van der Waals surface area contributed by atoms with Crippen molar-refractivity contribution in [3.63, 3.8) is 0 Å². The first-order valence-electron chi connectivity index (χ1n) is 8.05. The molecule has 0 radical (unpaired) electrons. The van der Waals surface area contributed by atoms with Gasteiger partial charge in [0.15, 0.2) is 0 Å². The summed E-state index contributed by atoms with van der Waals surface area (Å²) in [6.07, 6.45) is 4.44. The first-order chi connectivity index (χ1) is 12.6. The summed E-state index contributed by atoms with van der Waals surface area (Å²) in [4.78, 5) is 33.6. The predicted molar refractivity (Wildman–Crippen MR) is 95.5 cm³/mol. The zero-order valence-corrected chi connectivity index (χ0v) is 13.9. The van der Waals surface area contributed by atoms with Gasteiger partial charge in [-0.05, 0) is 23.3 Å². The summed E-state index contributed by atoms with van der Waals surface area (Å²) in [6.45, 7) is 0.751. The number of carboxylic acid groups (broad SMARTS) is 1. The summed E-state index contributed by atoms with van der Waals surface area (Å²) in [5.41, 5.74) is 2.31. The van der Waals surface area contributed by atoms with E-state index in [0.717, 1.165) is 11.1 Å². The van der Waals surface area contributed by atoms with Crippen molar-refractivity contribution < 1.29 is 14.7 Å². The molecule has 3 rings (SSSR count). The molecule has 3 aromatic rings. The molecule has 1 amide bonds. The fourth-order valence-electron chi connectivity index (χ4n) is 2.55. The van der Waals surface area contributed by atoms with Crippen molar-refractivity contribution in [2.24, 2.45) is 0 Å². The Labute approximate surface area is 150 Å². The van der Waals surface area contributed by atoms with Crippen LogP contribution in [0, 0.1) is 0 Å². The Balaban J connectivity index is 1.84. The molecule has 0 spiro atoms. The number of nitrogens with zero attached hydrogens (tertiary/aromatic N) is 3. The van der Waals surface area contributed by atoms with E-state index < -0.39 is 5.97 Å². The number of amides is 1. The summed E-state index contributed by atoms with van der Waals surface area (Å²) in [5, 5.41) is 9.01. The summed E-state index contributed by atoms with van der Waals surface area (Å²) in [7, 11) is 0. The van der Waals surface area contributed by atoms with Crippen molar-refractivity contribution >= 4 is 11.9 Å². The van der Waals surface area contributed by atoms with Gasteiger partial charge in [0.05, 0.1) is 11.8 Å². The van der Waals surface area contributed by atoms with Crippen molar-refractivity contribution in [3.8, 4) is 0 Å². The van der Waals surface area contributed by atoms with Crippen molar-refractivity contribution in [3.05, 3.63) is 95.6 Å². The maximum absolute atomic E-state index is 12.9. The van der Waals surface area contributed by atoms with Crippen molar-refractivity contribution in [1.82, 2.24) is 14.9 Å². The molecule has 1 N–H and O–H groups in total. The van der Waals surface area contributed by atoms with Gasteiger partial charge in [0.25, 0.3) is 5.91 Å². The summed E-state index contributed by atoms with van der Waals surface area (Å²) < 4.78 is 0. The second-order valence-corrected chi connectivity index (χ2v) is 5.74. The number of carbonyl (C=O) groups is 2. The van der Waals surface area contributed by atoms with Gasteiger partial charge in [-0.2, -0.15) is 0 Å². The fraction of sp³-hybridized carbons (Fsp3) is 0.100. The van der Waals surface area contributed by atoms with Gasteiger partial charge in [-0.25, -0.2) is 9.78 Å². The van der Waals surface area contributed by atoms with Crippen molar-refractivity contribution in [2.75, 3.05) is 0 Å². The van der Waals surface area contributed by atoms with E-state index in [9.17, 15) is 9.59 Å². The van der Waals surface area contributed by atoms with E-state index in [4.69, 9.17) is 5.11 Å². The van der Waals surface area contributed by atoms with Gasteiger partial charge in [-0.3, -0.25) is 9.78 Å². The molecule has 0 unspecified atom stereocenters. The highest BCUT2D eigenvalue weighted by Crippen LogP contribution is 2.14. The van der Waals surface area contributed by atoms with E-state index in [1.165, 1.54) is 30.7 Å². The molecule has 0 atom stereocenters. The summed E-state index contributed by atoms with van der Waals surface area (Å²) in [5.74, 6) is -1.21. The number of benzene rings is 2. The van der Waals surface area contributed by atoms with E-state index in [1.807, 2.05) is 30.3 Å². The second-order valence-electron chi connectivity index (χ2n) is 5.74. The largest absolute Gasteiger partial charge is 0.478 e. The van der Waals surface area contributed by atoms with Crippen LogP contribution < -0.4 is 0 Å². The Morgan fingerprint density at radius 1 is 0.885 bits per heavy atom. The van der Waals surface area contributed by atoms with Gasteiger partial charge in [0.2, 0.25) is 0 Å². The van der Waals surface area contributed by atoms with Crippen LogP contribution >= 0.6 is 0 Å². The molecule has 1 heterocycles. The third-order valence-electron chi connectivity index (χ3n) is 3.86. The molecular weight excluding hydrogens is 330 g/mol. The first-order valence-corrected chi connectivity index (χ1v) is 8.05. The van der Waals surface area contributed by atoms with Crippen LogP contribution in [0.4, 0.5) is 0 Å². The lowest BCUT2D eigenvalue weighted by Gasteiger charge is -2.22. The van der Waals surface area contributed by atoms with E-state index >= 15 is 0 Å². The molecule has 6 nitrogen and oxygen atoms in total. The van der Waals surface area contributed by atoms with Crippen LogP contribution in [-0.2, 0) is 13.1 Å². The normalized spacial score (nSPS) is 10.3. The number of carbonyl (C=O) groups excluding carboxylic acids is 1. The zero-order valence-electron chi connectivity index (χ0n) is 13.9. The van der Waals surface area contributed by atoms with E-state index in [-0.39, 0.29) is 17.2 Å². The maximum Gasteiger partial charge on any atom is 0.335 e. The third kappa shape index (κ3) is 4.30. The third-order valence-corrected chi connectivity index (χ3v) is 3.86. The average Bonchev–Trinajstić information content (AvgIpc) is 2.69. The number of hydrogen-bond donors (Lipinski definition) is 1. The van der Waals surface area contributed by atoms with E-state index in [1.54, 1.807) is 17.0 Å². The molecule has 1 aromatic heterocycles. The van der Waals surface area contributed by atoms with Crippen LogP contribution in [0.5, 0.6) is 0 Å². The Morgan fingerprint density at radius 2 is 1.54 bits per heavy atom. The smallest absolute Gasteiger partial charge is 0.335 e. The van der Waals surface area contributed by atoms with Crippen LogP contribution in [0.3, 0.4) is 0 Å². The molecule has 2 aromatic carbocycles. The van der Waals surface area contributed by atoms with Crippen LogP contribution in [0.25, 0.3) is 0 Å². The van der Waals surface area contributed by atoms with Gasteiger partial charge in [0.1, 0.15) is 5.69 Å². The number of aromatic carboxylic acids is 1. The van der Waals surface area contributed by atoms with E-state index in [0.29, 0.717) is 13.1 Å². The topological polar surface area (TPSA) is 83.4 Å². The molecular formula is C20H17N3O3. The lowest BCUT2D eigenvalue weighted by atomic mass is 10.1. The lowest BCUT2D eigenvalue weighted by molar-refractivity contribution is 0.0692. The van der Waals surface area contributed by atoms with Crippen LogP contribution in [0.15, 0.2) is 73.2 Å². The highest BCUT2D eigenvalue weighted by Gasteiger charge is 2.18. The Bertz CT molecular complexity index is 881. The number of aromatic nitrogens is 2. The fourth-order valence-corrected chi connectivity index (χ4v) is 2.55. The van der Waals surface area contributed by atoms with Gasteiger partial charge in [-0.15, -0.1) is 0 Å². The molecule has 0 saturated carbocycles. The first kappa shape index (κ1) is 17.3. The average molecular weight is 347 g/mol. The van der Waals surface area contributed by atoms with Crippen LogP contribution in [0.2, 0.25) is 0 Å². The molecule has 0 aliphatic rings. The van der Waals surface area contributed by atoms with Gasteiger partial charge in [-0.1, -0.05) is 42.5 Å². The van der Waals surface area contributed by atoms with E-state index in [2.05, 4.69) is 9.97 Å². The molecule has 0 fully saturated rings. The Morgan fingerprint density at radius 3 is 2.12 bits per heavy atom. The molecule has 0 aliphatic carbocycles. The Hall–Kier alpha value is -3.54. The Kier molecular flexibility index (Phi) is 5.34. The molecule has 6 heteroatoms. The zero-order chi connectivity index (χ0) is 18.4. The molecule has 0 aliphatic heterocycles. The van der Waals surface area contributed by atoms with Crippen LogP contribution in [-0.4, -0.2) is 31.9 Å². The van der Waals surface area contributed by atoms with Gasteiger partial charge >= 0.3 is 5.97 Å². The maximum atomic E-state index is 12.9.